The number of hydrogen-bond acceptors (Lipinski definition) is 2. The Labute approximate surface area is 105 Å². The third-order valence-electron chi connectivity index (χ3n) is 2.75. The Morgan fingerprint density at radius 1 is 1.44 bits per heavy atom. The fraction of sp³-hybridized carbons (Fsp3) is 0.455. The average molecular weight is 304 g/mol. The van der Waals surface area contributed by atoms with E-state index in [1.165, 1.54) is 0 Å². The van der Waals surface area contributed by atoms with Crippen molar-refractivity contribution in [3.63, 3.8) is 0 Å². The van der Waals surface area contributed by atoms with Gasteiger partial charge < -0.3 is 0 Å². The zero-order chi connectivity index (χ0) is 11.8. The van der Waals surface area contributed by atoms with Crippen LogP contribution in [0.5, 0.6) is 0 Å². The summed E-state index contributed by atoms with van der Waals surface area (Å²) in [5, 5.41) is 0. The number of halogens is 1. The first-order valence-corrected chi connectivity index (χ1v) is 7.57. The van der Waals surface area contributed by atoms with Crippen molar-refractivity contribution in [1.29, 1.82) is 0 Å². The van der Waals surface area contributed by atoms with Crippen molar-refractivity contribution in [1.82, 2.24) is 4.31 Å². The van der Waals surface area contributed by atoms with Crippen LogP contribution in [0, 0.1) is 0 Å². The molecule has 0 radical (unpaired) electrons. The Hall–Kier alpha value is -0.390. The molecule has 0 spiro atoms. The Kier molecular flexibility index (Phi) is 3.37. The minimum Gasteiger partial charge on any atom is -0.207 e. The molecular formula is C11H14BrNO2S. The van der Waals surface area contributed by atoms with Gasteiger partial charge in [0.1, 0.15) is 0 Å². The molecule has 0 aliphatic carbocycles. The molecule has 0 fully saturated rings. The zero-order valence-corrected chi connectivity index (χ0v) is 11.5. The van der Waals surface area contributed by atoms with Crippen molar-refractivity contribution in [2.24, 2.45) is 0 Å². The lowest BCUT2D eigenvalue weighted by Crippen LogP contribution is -2.25. The SMILES string of the molecule is CCCCN1Cc2cc(Br)ccc2S1(=O)=O. The summed E-state index contributed by atoms with van der Waals surface area (Å²) in [5.74, 6) is 0. The summed E-state index contributed by atoms with van der Waals surface area (Å²) in [7, 11) is -3.22. The fourth-order valence-corrected chi connectivity index (χ4v) is 3.93. The summed E-state index contributed by atoms with van der Waals surface area (Å²) < 4.78 is 26.7. The van der Waals surface area contributed by atoms with Crippen molar-refractivity contribution >= 4 is 26.0 Å². The number of nitrogens with zero attached hydrogens (tertiary/aromatic N) is 1. The van der Waals surface area contributed by atoms with Crippen LogP contribution < -0.4 is 0 Å². The molecule has 0 saturated carbocycles. The quantitative estimate of drug-likeness (QED) is 0.861. The van der Waals surface area contributed by atoms with E-state index in [1.54, 1.807) is 16.4 Å². The number of benzene rings is 1. The van der Waals surface area contributed by atoms with Crippen molar-refractivity contribution in [2.45, 2.75) is 31.2 Å². The van der Waals surface area contributed by atoms with Gasteiger partial charge in [-0.25, -0.2) is 8.42 Å². The molecule has 3 nitrogen and oxygen atoms in total. The van der Waals surface area contributed by atoms with Crippen LogP contribution >= 0.6 is 15.9 Å². The molecule has 1 aromatic rings. The lowest BCUT2D eigenvalue weighted by Gasteiger charge is -2.13. The summed E-state index contributed by atoms with van der Waals surface area (Å²) >= 11 is 3.36. The van der Waals surface area contributed by atoms with Crippen LogP contribution in [0.15, 0.2) is 27.6 Å². The van der Waals surface area contributed by atoms with E-state index in [-0.39, 0.29) is 0 Å². The monoisotopic (exact) mass is 303 g/mol. The fourth-order valence-electron chi connectivity index (χ4n) is 1.87. The Bertz CT molecular complexity index is 499. The van der Waals surface area contributed by atoms with Crippen LogP contribution in [-0.4, -0.2) is 19.3 Å². The number of fused-ring (bicyclic) bond motifs is 1. The van der Waals surface area contributed by atoms with E-state index in [2.05, 4.69) is 22.9 Å². The summed E-state index contributed by atoms with van der Waals surface area (Å²) in [5.41, 5.74) is 0.894. The first kappa shape index (κ1) is 12.1. The first-order valence-electron chi connectivity index (χ1n) is 5.34. The maximum Gasteiger partial charge on any atom is 0.243 e. The highest BCUT2D eigenvalue weighted by molar-refractivity contribution is 9.10. The second kappa shape index (κ2) is 4.47. The highest BCUT2D eigenvalue weighted by Crippen LogP contribution is 2.32. The highest BCUT2D eigenvalue weighted by atomic mass is 79.9. The molecular weight excluding hydrogens is 290 g/mol. The number of rotatable bonds is 3. The largest absolute Gasteiger partial charge is 0.243 e. The average Bonchev–Trinajstić information content (AvgIpc) is 2.47. The van der Waals surface area contributed by atoms with Gasteiger partial charge in [-0.15, -0.1) is 0 Å². The summed E-state index contributed by atoms with van der Waals surface area (Å²) in [6, 6.07) is 5.35. The maximum atomic E-state index is 12.1. The Morgan fingerprint density at radius 3 is 2.88 bits per heavy atom. The lowest BCUT2D eigenvalue weighted by atomic mass is 10.2. The summed E-state index contributed by atoms with van der Waals surface area (Å²) in [4.78, 5) is 0.465. The Morgan fingerprint density at radius 2 is 2.19 bits per heavy atom. The maximum absolute atomic E-state index is 12.1. The van der Waals surface area contributed by atoms with Crippen LogP contribution in [-0.2, 0) is 16.6 Å². The zero-order valence-electron chi connectivity index (χ0n) is 9.11. The van der Waals surface area contributed by atoms with Gasteiger partial charge in [0.25, 0.3) is 0 Å². The van der Waals surface area contributed by atoms with Gasteiger partial charge in [0, 0.05) is 17.6 Å². The van der Waals surface area contributed by atoms with E-state index in [0.717, 1.165) is 22.9 Å². The van der Waals surface area contributed by atoms with E-state index in [4.69, 9.17) is 0 Å². The van der Waals surface area contributed by atoms with Crippen LogP contribution in [0.4, 0.5) is 0 Å². The van der Waals surface area contributed by atoms with Crippen molar-refractivity contribution < 1.29 is 8.42 Å². The topological polar surface area (TPSA) is 37.4 Å². The lowest BCUT2D eigenvalue weighted by molar-refractivity contribution is 0.415. The van der Waals surface area contributed by atoms with Crippen LogP contribution in [0.2, 0.25) is 0 Å². The summed E-state index contributed by atoms with van der Waals surface area (Å²) in [6.45, 7) is 3.19. The number of sulfonamides is 1. The summed E-state index contributed by atoms with van der Waals surface area (Å²) in [6.07, 6.45) is 1.92. The normalized spacial score (nSPS) is 18.6. The molecule has 0 saturated heterocycles. The van der Waals surface area contributed by atoms with Crippen molar-refractivity contribution in [3.8, 4) is 0 Å². The molecule has 1 heterocycles. The third-order valence-corrected chi connectivity index (χ3v) is 5.19. The van der Waals surface area contributed by atoms with E-state index < -0.39 is 10.0 Å². The first-order chi connectivity index (χ1) is 7.55. The van der Waals surface area contributed by atoms with Gasteiger partial charge in [-0.3, -0.25) is 0 Å². The van der Waals surface area contributed by atoms with Crippen molar-refractivity contribution in [3.05, 3.63) is 28.2 Å². The minimum absolute atomic E-state index is 0.465. The molecule has 1 aliphatic heterocycles. The molecule has 2 rings (SSSR count). The van der Waals surface area contributed by atoms with E-state index in [9.17, 15) is 8.42 Å². The molecule has 0 N–H and O–H groups in total. The Balaban J connectivity index is 2.34. The molecule has 0 atom stereocenters. The predicted molar refractivity (Wildman–Crippen MR) is 66.6 cm³/mol. The second-order valence-corrected chi connectivity index (χ2v) is 6.77. The molecule has 0 unspecified atom stereocenters. The van der Waals surface area contributed by atoms with Gasteiger partial charge in [0.05, 0.1) is 4.90 Å². The van der Waals surface area contributed by atoms with Gasteiger partial charge in [-0.05, 0) is 30.2 Å². The van der Waals surface area contributed by atoms with E-state index in [1.807, 2.05) is 6.07 Å². The van der Waals surface area contributed by atoms with E-state index >= 15 is 0 Å². The van der Waals surface area contributed by atoms with Gasteiger partial charge in [-0.2, -0.15) is 4.31 Å². The van der Waals surface area contributed by atoms with E-state index in [0.29, 0.717) is 18.0 Å². The third kappa shape index (κ3) is 2.04. The molecule has 16 heavy (non-hydrogen) atoms. The minimum atomic E-state index is -3.22. The van der Waals surface area contributed by atoms with Crippen LogP contribution in [0.1, 0.15) is 25.3 Å². The smallest absolute Gasteiger partial charge is 0.207 e. The molecule has 0 amide bonds. The molecule has 0 bridgehead atoms. The van der Waals surface area contributed by atoms with Crippen LogP contribution in [0.25, 0.3) is 0 Å². The van der Waals surface area contributed by atoms with Crippen molar-refractivity contribution in [2.75, 3.05) is 6.54 Å². The van der Waals surface area contributed by atoms with Gasteiger partial charge in [0.2, 0.25) is 10.0 Å². The molecule has 1 aliphatic rings. The number of hydrogen-bond donors (Lipinski definition) is 0. The van der Waals surface area contributed by atoms with Gasteiger partial charge in [0.15, 0.2) is 0 Å². The molecule has 1 aromatic carbocycles. The predicted octanol–water partition coefficient (Wildman–Crippen LogP) is 2.75. The molecule has 0 aromatic heterocycles. The standard InChI is InChI=1S/C11H14BrNO2S/c1-2-3-6-13-8-9-7-10(12)4-5-11(9)16(13,14)15/h4-5,7H,2-3,6,8H2,1H3. The molecule has 88 valence electrons. The van der Waals surface area contributed by atoms with Crippen LogP contribution in [0.3, 0.4) is 0 Å². The number of unbranched alkanes of at least 4 members (excludes halogenated alkanes) is 1. The molecule has 5 heteroatoms. The highest BCUT2D eigenvalue weighted by Gasteiger charge is 2.33. The second-order valence-electron chi connectivity index (χ2n) is 3.94. The van der Waals surface area contributed by atoms with Gasteiger partial charge >= 0.3 is 0 Å². The van der Waals surface area contributed by atoms with Gasteiger partial charge in [-0.1, -0.05) is 29.3 Å².